The second-order valence-corrected chi connectivity index (χ2v) is 11.0. The molecule has 5 nitrogen and oxygen atoms in total. The number of nitrogens with zero attached hydrogens (tertiary/aromatic N) is 1. The van der Waals surface area contributed by atoms with Crippen LogP contribution in [0.5, 0.6) is 5.75 Å². The summed E-state index contributed by atoms with van der Waals surface area (Å²) >= 11 is 1.61. The SMILES string of the molecule is O=S(=O)(c1ccccc1C(F)(F)F)N(Cc1cccc(OCCc2ccsc2)c1)C[C@H]1CCCO1. The first-order valence-corrected chi connectivity index (χ1v) is 13.6. The molecule has 3 aromatic rings. The fourth-order valence-electron chi connectivity index (χ4n) is 3.99. The fraction of sp³-hybridized carbons (Fsp3) is 0.360. The predicted octanol–water partition coefficient (Wildman–Crippen LogP) is 5.76. The van der Waals surface area contributed by atoms with Crippen LogP contribution in [0.25, 0.3) is 0 Å². The number of halogens is 3. The minimum absolute atomic E-state index is 0.0300. The third-order valence-electron chi connectivity index (χ3n) is 5.74. The highest BCUT2D eigenvalue weighted by molar-refractivity contribution is 7.89. The van der Waals surface area contributed by atoms with Crippen LogP contribution in [0.2, 0.25) is 0 Å². The van der Waals surface area contributed by atoms with E-state index in [9.17, 15) is 21.6 Å². The predicted molar refractivity (Wildman–Crippen MR) is 128 cm³/mol. The van der Waals surface area contributed by atoms with E-state index in [0.717, 1.165) is 29.3 Å². The molecule has 1 aliphatic heterocycles. The smallest absolute Gasteiger partial charge is 0.417 e. The van der Waals surface area contributed by atoms with Gasteiger partial charge in [0.05, 0.1) is 23.2 Å². The molecule has 0 aliphatic carbocycles. The summed E-state index contributed by atoms with van der Waals surface area (Å²) in [6, 6.07) is 13.3. The summed E-state index contributed by atoms with van der Waals surface area (Å²) in [5, 5.41) is 4.04. The van der Waals surface area contributed by atoms with Crippen molar-refractivity contribution in [3.8, 4) is 5.75 Å². The number of sulfonamides is 1. The van der Waals surface area contributed by atoms with Gasteiger partial charge >= 0.3 is 6.18 Å². The summed E-state index contributed by atoms with van der Waals surface area (Å²) in [6.45, 7) is 0.829. The molecule has 0 amide bonds. The highest BCUT2D eigenvalue weighted by Crippen LogP contribution is 2.36. The number of alkyl halides is 3. The molecular weight excluding hydrogens is 499 g/mol. The quantitative estimate of drug-likeness (QED) is 0.338. The number of benzene rings is 2. The summed E-state index contributed by atoms with van der Waals surface area (Å²) in [5.74, 6) is 0.572. The molecule has 2 heterocycles. The number of ether oxygens (including phenoxy) is 2. The number of rotatable bonds is 10. The van der Waals surface area contributed by atoms with E-state index in [1.165, 1.54) is 17.7 Å². The second kappa shape index (κ2) is 11.1. The summed E-state index contributed by atoms with van der Waals surface area (Å²) in [6.07, 6.45) is -2.99. The first-order valence-electron chi connectivity index (χ1n) is 11.2. The molecule has 1 saturated heterocycles. The average molecular weight is 526 g/mol. The lowest BCUT2D eigenvalue weighted by molar-refractivity contribution is -0.139. The largest absolute Gasteiger partial charge is 0.493 e. The molecule has 0 bridgehead atoms. The molecule has 2 aromatic carbocycles. The molecule has 0 unspecified atom stereocenters. The van der Waals surface area contributed by atoms with Crippen molar-refractivity contribution in [1.82, 2.24) is 4.31 Å². The molecule has 1 aliphatic rings. The van der Waals surface area contributed by atoms with Crippen molar-refractivity contribution in [2.75, 3.05) is 19.8 Å². The van der Waals surface area contributed by atoms with Crippen molar-refractivity contribution in [1.29, 1.82) is 0 Å². The van der Waals surface area contributed by atoms with Gasteiger partial charge in [0.2, 0.25) is 10.0 Å². The van der Waals surface area contributed by atoms with Crippen molar-refractivity contribution < 1.29 is 31.1 Å². The Balaban J connectivity index is 1.57. The van der Waals surface area contributed by atoms with Gasteiger partial charge in [0, 0.05) is 26.1 Å². The van der Waals surface area contributed by atoms with E-state index < -0.39 is 26.7 Å². The maximum absolute atomic E-state index is 13.6. The third-order valence-corrected chi connectivity index (χ3v) is 8.34. The Hall–Kier alpha value is -2.40. The van der Waals surface area contributed by atoms with Crippen LogP contribution < -0.4 is 4.74 Å². The van der Waals surface area contributed by atoms with Crippen molar-refractivity contribution >= 4 is 21.4 Å². The maximum atomic E-state index is 13.6. The Morgan fingerprint density at radius 2 is 1.91 bits per heavy atom. The van der Waals surface area contributed by atoms with E-state index in [2.05, 4.69) is 0 Å². The van der Waals surface area contributed by atoms with Crippen LogP contribution in [-0.2, 0) is 33.9 Å². The second-order valence-electron chi connectivity index (χ2n) is 8.30. The highest BCUT2D eigenvalue weighted by atomic mass is 32.2. The van der Waals surface area contributed by atoms with Crippen molar-refractivity contribution in [2.45, 2.75) is 43.0 Å². The first-order chi connectivity index (χ1) is 16.7. The molecule has 188 valence electrons. The maximum Gasteiger partial charge on any atom is 0.417 e. The minimum Gasteiger partial charge on any atom is -0.493 e. The van der Waals surface area contributed by atoms with Crippen LogP contribution in [0, 0.1) is 0 Å². The Bertz CT molecular complexity index is 1210. The molecule has 0 spiro atoms. The zero-order valence-corrected chi connectivity index (χ0v) is 20.5. The van der Waals surface area contributed by atoms with Crippen LogP contribution >= 0.6 is 11.3 Å². The minimum atomic E-state index is -4.80. The summed E-state index contributed by atoms with van der Waals surface area (Å²) in [4.78, 5) is -0.756. The number of hydrogen-bond acceptors (Lipinski definition) is 5. The number of thiophene rings is 1. The lowest BCUT2D eigenvalue weighted by Gasteiger charge is -2.26. The van der Waals surface area contributed by atoms with E-state index in [-0.39, 0.29) is 19.2 Å². The average Bonchev–Trinajstić information content (AvgIpc) is 3.53. The van der Waals surface area contributed by atoms with Crippen molar-refractivity contribution in [3.63, 3.8) is 0 Å². The van der Waals surface area contributed by atoms with Gasteiger partial charge in [-0.05, 0) is 65.1 Å². The summed E-state index contributed by atoms with van der Waals surface area (Å²) in [7, 11) is -4.47. The third kappa shape index (κ3) is 6.63. The van der Waals surface area contributed by atoms with Crippen molar-refractivity contribution in [3.05, 3.63) is 82.0 Å². The molecule has 4 rings (SSSR count). The van der Waals surface area contributed by atoms with Gasteiger partial charge in [0.25, 0.3) is 0 Å². The summed E-state index contributed by atoms with van der Waals surface area (Å²) < 4.78 is 80.4. The normalized spacial score (nSPS) is 16.6. The van der Waals surface area contributed by atoms with E-state index in [1.54, 1.807) is 35.6 Å². The molecule has 10 heteroatoms. The molecular formula is C25H26F3NO4S2. The Morgan fingerprint density at radius 3 is 2.63 bits per heavy atom. The van der Waals surface area contributed by atoms with Crippen LogP contribution in [0.1, 0.15) is 29.5 Å². The molecule has 1 aromatic heterocycles. The van der Waals surface area contributed by atoms with E-state index in [4.69, 9.17) is 9.47 Å². The molecule has 1 atom stereocenters. The van der Waals surface area contributed by atoms with Gasteiger partial charge in [-0.3, -0.25) is 0 Å². The van der Waals surface area contributed by atoms with E-state index >= 15 is 0 Å². The standard InChI is InChI=1S/C25H26F3NO4S2/c26-25(27,28)23-8-1-2-9-24(23)35(30,31)29(17-22-7-4-12-32-22)16-20-5-3-6-21(15-20)33-13-10-19-11-14-34-18-19/h1-3,5-6,8-9,11,14-15,18,22H,4,7,10,12-13,16-17H2/t22-/m1/s1. The summed E-state index contributed by atoms with van der Waals surface area (Å²) in [5.41, 5.74) is 0.607. The van der Waals surface area contributed by atoms with Crippen LogP contribution in [0.4, 0.5) is 13.2 Å². The zero-order valence-electron chi connectivity index (χ0n) is 18.9. The van der Waals surface area contributed by atoms with E-state index in [1.807, 2.05) is 16.8 Å². The Morgan fingerprint density at radius 1 is 1.09 bits per heavy atom. The lowest BCUT2D eigenvalue weighted by atomic mass is 10.2. The van der Waals surface area contributed by atoms with Gasteiger partial charge in [-0.15, -0.1) is 0 Å². The lowest BCUT2D eigenvalue weighted by Crippen LogP contribution is -2.37. The van der Waals surface area contributed by atoms with Crippen molar-refractivity contribution in [2.24, 2.45) is 0 Å². The van der Waals surface area contributed by atoms with Gasteiger partial charge in [-0.2, -0.15) is 28.8 Å². The Labute approximate surface area is 207 Å². The topological polar surface area (TPSA) is 55.8 Å². The zero-order chi connectivity index (χ0) is 24.9. The Kier molecular flexibility index (Phi) is 8.16. The van der Waals surface area contributed by atoms with Gasteiger partial charge in [0.1, 0.15) is 5.75 Å². The number of hydrogen-bond donors (Lipinski definition) is 0. The van der Waals surface area contributed by atoms with E-state index in [0.29, 0.717) is 30.9 Å². The molecule has 0 saturated carbocycles. The van der Waals surface area contributed by atoms with Crippen LogP contribution in [0.15, 0.2) is 70.3 Å². The van der Waals surface area contributed by atoms with Gasteiger partial charge < -0.3 is 9.47 Å². The monoisotopic (exact) mass is 525 g/mol. The van der Waals surface area contributed by atoms with Crippen LogP contribution in [0.3, 0.4) is 0 Å². The van der Waals surface area contributed by atoms with Crippen LogP contribution in [-0.4, -0.2) is 38.6 Å². The fourth-order valence-corrected chi connectivity index (χ4v) is 6.36. The molecule has 35 heavy (non-hydrogen) atoms. The molecule has 0 radical (unpaired) electrons. The first kappa shape index (κ1) is 25.7. The van der Waals surface area contributed by atoms with Gasteiger partial charge in [-0.25, -0.2) is 8.42 Å². The highest BCUT2D eigenvalue weighted by Gasteiger charge is 2.39. The molecule has 0 N–H and O–H groups in total. The van der Waals surface area contributed by atoms with Gasteiger partial charge in [0.15, 0.2) is 0 Å². The molecule has 1 fully saturated rings. The van der Waals surface area contributed by atoms with Gasteiger partial charge in [-0.1, -0.05) is 24.3 Å².